The molecule has 2 N–H and O–H groups in total. The molecule has 4 aromatic heterocycles. The highest BCUT2D eigenvalue weighted by Crippen LogP contribution is 2.26. The van der Waals surface area contributed by atoms with Crippen LogP contribution in [0.25, 0.3) is 11.3 Å². The molecule has 0 aliphatic heterocycles. The highest BCUT2D eigenvalue weighted by Gasteiger charge is 2.19. The summed E-state index contributed by atoms with van der Waals surface area (Å²) in [6.45, 7) is 3.48. The molecule has 4 aromatic rings. The molecule has 0 aromatic carbocycles. The second kappa shape index (κ2) is 7.26. The number of aryl methyl sites for hydroxylation is 1. The van der Waals surface area contributed by atoms with Crippen LogP contribution < -0.4 is 10.6 Å². The van der Waals surface area contributed by atoms with E-state index in [0.717, 1.165) is 6.07 Å². The minimum atomic E-state index is -0.605. The number of nitrogens with zero attached hydrogens (tertiary/aromatic N) is 6. The van der Waals surface area contributed by atoms with Crippen molar-refractivity contribution in [3.05, 3.63) is 47.0 Å². The Morgan fingerprint density at radius 1 is 1.31 bits per heavy atom. The number of anilines is 2. The van der Waals surface area contributed by atoms with Gasteiger partial charge in [-0.1, -0.05) is 11.6 Å². The van der Waals surface area contributed by atoms with Crippen molar-refractivity contribution >= 4 is 40.3 Å². The van der Waals surface area contributed by atoms with Gasteiger partial charge in [0, 0.05) is 25.4 Å². The van der Waals surface area contributed by atoms with E-state index in [1.807, 2.05) is 0 Å². The number of fused-ring (bicyclic) bond motifs is 2. The summed E-state index contributed by atoms with van der Waals surface area (Å²) in [4.78, 5) is 16.8. The van der Waals surface area contributed by atoms with Gasteiger partial charge in [-0.05, 0) is 13.8 Å². The van der Waals surface area contributed by atoms with E-state index >= 15 is 0 Å². The average molecular weight is 419 g/mol. The molecule has 0 radical (unpaired) electrons. The van der Waals surface area contributed by atoms with Gasteiger partial charge in [-0.25, -0.2) is 18.7 Å². The Kier molecular flexibility index (Phi) is 4.76. The van der Waals surface area contributed by atoms with E-state index in [1.54, 1.807) is 19.9 Å². The summed E-state index contributed by atoms with van der Waals surface area (Å²) in [7, 11) is 1.53. The Bertz CT molecular complexity index is 1240. The van der Waals surface area contributed by atoms with Gasteiger partial charge >= 0.3 is 6.03 Å². The molecule has 12 heteroatoms. The highest BCUT2D eigenvalue weighted by molar-refractivity contribution is 6.29. The Balaban J connectivity index is 1.65. The molecule has 0 bridgehead atoms. The normalized spacial score (nSPS) is 12.4. The van der Waals surface area contributed by atoms with Crippen LogP contribution in [0, 0.1) is 12.7 Å². The summed E-state index contributed by atoms with van der Waals surface area (Å²) in [5.41, 5.74) is 1.74. The molecule has 150 valence electrons. The van der Waals surface area contributed by atoms with Crippen molar-refractivity contribution in [2.24, 2.45) is 0 Å². The number of carbonyl (C=O) groups excluding carboxylic acids is 1. The van der Waals surface area contributed by atoms with Crippen LogP contribution in [0.4, 0.5) is 20.6 Å². The molecule has 0 aliphatic carbocycles. The summed E-state index contributed by atoms with van der Waals surface area (Å²) in [6.07, 6.45) is 2.59. The van der Waals surface area contributed by atoms with Gasteiger partial charge in [-0.3, -0.25) is 4.40 Å². The van der Waals surface area contributed by atoms with Gasteiger partial charge < -0.3 is 15.4 Å². The molecule has 0 aliphatic rings. The lowest BCUT2D eigenvalue weighted by atomic mass is 10.2. The van der Waals surface area contributed by atoms with Crippen molar-refractivity contribution in [2.75, 3.05) is 17.7 Å². The largest absolute Gasteiger partial charge is 0.375 e. The fourth-order valence-corrected chi connectivity index (χ4v) is 3.11. The Morgan fingerprint density at radius 2 is 2.10 bits per heavy atom. The van der Waals surface area contributed by atoms with E-state index in [0.29, 0.717) is 22.9 Å². The van der Waals surface area contributed by atoms with Gasteiger partial charge in [0.15, 0.2) is 22.3 Å². The van der Waals surface area contributed by atoms with E-state index in [2.05, 4.69) is 30.9 Å². The van der Waals surface area contributed by atoms with Crippen molar-refractivity contribution in [3.8, 4) is 0 Å². The molecule has 0 unspecified atom stereocenters. The first kappa shape index (κ1) is 19.0. The molecule has 4 rings (SSSR count). The molecule has 10 nitrogen and oxygen atoms in total. The van der Waals surface area contributed by atoms with Crippen LogP contribution in [0.5, 0.6) is 0 Å². The second-order valence-electron chi connectivity index (χ2n) is 6.27. The van der Waals surface area contributed by atoms with Crippen molar-refractivity contribution in [1.82, 2.24) is 29.2 Å². The predicted molar refractivity (Wildman–Crippen MR) is 104 cm³/mol. The van der Waals surface area contributed by atoms with Gasteiger partial charge in [0.05, 0.1) is 29.4 Å². The van der Waals surface area contributed by atoms with Crippen LogP contribution in [0.2, 0.25) is 5.15 Å². The number of amides is 2. The zero-order valence-corrected chi connectivity index (χ0v) is 16.4. The predicted octanol–water partition coefficient (Wildman–Crippen LogP) is 3.22. The highest BCUT2D eigenvalue weighted by atomic mass is 35.5. The number of methoxy groups -OCH3 is 1. The lowest BCUT2D eigenvalue weighted by molar-refractivity contribution is 0.114. The summed E-state index contributed by atoms with van der Waals surface area (Å²) in [5.74, 6) is -0.115. The maximum atomic E-state index is 14.2. The molecule has 2 amide bonds. The third kappa shape index (κ3) is 3.45. The molecule has 0 saturated carbocycles. The van der Waals surface area contributed by atoms with Crippen LogP contribution in [0.3, 0.4) is 0 Å². The van der Waals surface area contributed by atoms with Gasteiger partial charge in [0.1, 0.15) is 5.82 Å². The summed E-state index contributed by atoms with van der Waals surface area (Å²) in [6, 6.07) is 2.16. The van der Waals surface area contributed by atoms with Gasteiger partial charge in [-0.15, -0.1) is 10.2 Å². The number of rotatable bonds is 4. The Hall–Kier alpha value is -3.31. The lowest BCUT2D eigenvalue weighted by Gasteiger charge is -2.17. The number of pyridine rings is 1. The van der Waals surface area contributed by atoms with Gasteiger partial charge in [-0.2, -0.15) is 5.10 Å². The summed E-state index contributed by atoms with van der Waals surface area (Å²) < 4.78 is 22.5. The Morgan fingerprint density at radius 3 is 2.86 bits per heavy atom. The standard InChI is InChI=1S/C17H16ClFN8O2/c1-8(29-3)15-12(6-20-14-5-13(18)25-27(14)15)22-17(28)21-10-4-11(19)16-24-23-9(2)26(16)7-10/h4-8H,1-3H3,(H2,21,22,28)/t8-/m0/s1. The van der Waals surface area contributed by atoms with Crippen LogP contribution in [-0.2, 0) is 4.74 Å². The Labute approximate surface area is 168 Å². The van der Waals surface area contributed by atoms with Crippen LogP contribution in [-0.4, -0.2) is 42.3 Å². The third-order valence-electron chi connectivity index (χ3n) is 4.37. The molecule has 0 saturated heterocycles. The maximum absolute atomic E-state index is 14.2. The fourth-order valence-electron chi connectivity index (χ4n) is 2.94. The van der Waals surface area contributed by atoms with Crippen LogP contribution >= 0.6 is 11.6 Å². The molecular formula is C17H16ClFN8O2. The summed E-state index contributed by atoms with van der Waals surface area (Å²) >= 11 is 5.97. The number of hydrogen-bond acceptors (Lipinski definition) is 6. The number of ether oxygens (including phenoxy) is 1. The number of carbonyl (C=O) groups is 1. The van der Waals surface area contributed by atoms with Crippen molar-refractivity contribution in [1.29, 1.82) is 0 Å². The van der Waals surface area contributed by atoms with Gasteiger partial charge in [0.2, 0.25) is 0 Å². The summed E-state index contributed by atoms with van der Waals surface area (Å²) in [5, 5.41) is 17.3. The molecular weight excluding hydrogens is 403 g/mol. The SMILES string of the molecule is CO[C@@H](C)c1c(NC(=O)Nc2cc(F)c3nnc(C)n3c2)cnc2cc(Cl)nn12. The molecule has 29 heavy (non-hydrogen) atoms. The molecule has 1 atom stereocenters. The van der Waals surface area contributed by atoms with E-state index in [-0.39, 0.29) is 16.5 Å². The van der Waals surface area contributed by atoms with E-state index in [9.17, 15) is 9.18 Å². The molecule has 4 heterocycles. The second-order valence-corrected chi connectivity index (χ2v) is 6.66. The van der Waals surface area contributed by atoms with Gasteiger partial charge in [0.25, 0.3) is 0 Å². The maximum Gasteiger partial charge on any atom is 0.323 e. The first-order chi connectivity index (χ1) is 13.9. The van der Waals surface area contributed by atoms with Crippen LogP contribution in [0.15, 0.2) is 24.5 Å². The number of halogens is 2. The molecule has 0 spiro atoms. The van der Waals surface area contributed by atoms with E-state index < -0.39 is 18.0 Å². The fraction of sp³-hybridized carbons (Fsp3) is 0.235. The quantitative estimate of drug-likeness (QED) is 0.526. The minimum Gasteiger partial charge on any atom is -0.375 e. The zero-order chi connectivity index (χ0) is 20.7. The number of urea groups is 1. The average Bonchev–Trinajstić information content (AvgIpc) is 3.23. The van der Waals surface area contributed by atoms with E-state index in [4.69, 9.17) is 16.3 Å². The number of nitrogens with one attached hydrogen (secondary N) is 2. The zero-order valence-electron chi connectivity index (χ0n) is 15.6. The van der Waals surface area contributed by atoms with Crippen LogP contribution in [0.1, 0.15) is 24.5 Å². The minimum absolute atomic E-state index is 0.0786. The molecule has 0 fully saturated rings. The first-order valence-electron chi connectivity index (χ1n) is 8.53. The number of aromatic nitrogens is 6. The topological polar surface area (TPSA) is 111 Å². The first-order valence-corrected chi connectivity index (χ1v) is 8.91. The third-order valence-corrected chi connectivity index (χ3v) is 4.55. The van der Waals surface area contributed by atoms with Crippen molar-refractivity contribution in [2.45, 2.75) is 20.0 Å². The smallest absolute Gasteiger partial charge is 0.323 e. The van der Waals surface area contributed by atoms with Crippen molar-refractivity contribution < 1.29 is 13.9 Å². The van der Waals surface area contributed by atoms with E-state index in [1.165, 1.54) is 28.4 Å². The monoisotopic (exact) mass is 418 g/mol. The number of hydrogen-bond donors (Lipinski definition) is 2. The lowest BCUT2D eigenvalue weighted by Crippen LogP contribution is -2.22. The van der Waals surface area contributed by atoms with Crippen molar-refractivity contribution in [3.63, 3.8) is 0 Å².